The lowest BCUT2D eigenvalue weighted by atomic mass is 9.66. The Kier molecular flexibility index (Phi) is 21.9. The van der Waals surface area contributed by atoms with Gasteiger partial charge in [-0.25, -0.2) is 0 Å². The van der Waals surface area contributed by atoms with Gasteiger partial charge in [-0.1, -0.05) is 82.0 Å². The number of hydrogen-bond acceptors (Lipinski definition) is 10. The summed E-state index contributed by atoms with van der Waals surface area (Å²) in [7, 11) is 0. The Morgan fingerprint density at radius 3 is 1.95 bits per heavy atom. The number of ketones is 4. The van der Waals surface area contributed by atoms with Crippen LogP contribution < -0.4 is 22.1 Å². The van der Waals surface area contributed by atoms with Crippen molar-refractivity contribution in [1.29, 1.82) is 0 Å². The molecule has 1 unspecified atom stereocenters. The van der Waals surface area contributed by atoms with E-state index in [9.17, 15) is 43.7 Å². The molecule has 8 N–H and O–H groups in total. The second kappa shape index (κ2) is 25.7. The number of rotatable bonds is 29. The molecule has 312 valence electrons. The van der Waals surface area contributed by atoms with E-state index in [-0.39, 0.29) is 43.6 Å². The van der Waals surface area contributed by atoms with E-state index in [1.165, 1.54) is 26.2 Å². The second-order valence-electron chi connectivity index (χ2n) is 15.3. The minimum absolute atomic E-state index is 0.0819. The number of nitrogens with two attached hydrogens (primary N) is 2. The number of aryl methyl sites for hydroxylation is 1. The number of aliphatic hydroxyl groups excluding tert-OH is 1. The van der Waals surface area contributed by atoms with Gasteiger partial charge >= 0.3 is 0 Å². The zero-order chi connectivity index (χ0) is 42.5. The van der Waals surface area contributed by atoms with Crippen LogP contribution in [0.4, 0.5) is 0 Å². The van der Waals surface area contributed by atoms with E-state index in [2.05, 4.69) is 41.8 Å². The van der Waals surface area contributed by atoms with Crippen LogP contribution in [0.25, 0.3) is 11.1 Å². The molecule has 5 atom stereocenters. The van der Waals surface area contributed by atoms with E-state index in [4.69, 9.17) is 11.5 Å². The van der Waals surface area contributed by atoms with E-state index in [1.54, 1.807) is 12.1 Å². The first-order valence-electron chi connectivity index (χ1n) is 20.3. The first-order valence-corrected chi connectivity index (χ1v) is 20.3. The van der Waals surface area contributed by atoms with Crippen LogP contribution in [0.15, 0.2) is 48.5 Å². The molecule has 2 aromatic carbocycles. The minimum Gasteiger partial charge on any atom is -0.451 e. The van der Waals surface area contributed by atoms with Crippen LogP contribution in [0, 0.1) is 11.8 Å². The fourth-order valence-corrected chi connectivity index (χ4v) is 6.47. The molecule has 0 heterocycles. The van der Waals surface area contributed by atoms with E-state index in [0.717, 1.165) is 30.4 Å². The third-order valence-electron chi connectivity index (χ3n) is 10.0. The number of carbonyl (C=O) groups excluding carboxylic acids is 7. The SMILES string of the molecule is CCCCc1ccc(-c2ccc(C(=O)CCCC(=O)C[C@@H](CCCCN)C(=O)N[C@H](C(=O)C[C@@H](C)C(=O)N[C@@H](CC(N)=O)C(=O)CCB(C)O)C(C)O)cc2)cc1. The lowest BCUT2D eigenvalue weighted by Crippen LogP contribution is -2.51. The monoisotopic (exact) mass is 790 g/mol. The summed E-state index contributed by atoms with van der Waals surface area (Å²) < 4.78 is 0. The Bertz CT molecular complexity index is 1630. The van der Waals surface area contributed by atoms with Crippen LogP contribution >= 0.6 is 0 Å². The summed E-state index contributed by atoms with van der Waals surface area (Å²) >= 11 is 0. The zero-order valence-corrected chi connectivity index (χ0v) is 34.1. The van der Waals surface area contributed by atoms with Gasteiger partial charge in [0.15, 0.2) is 17.3 Å². The highest BCUT2D eigenvalue weighted by Gasteiger charge is 2.33. The molecular formula is C43H63BN4O9. The third kappa shape index (κ3) is 18.1. The molecule has 3 amide bonds. The van der Waals surface area contributed by atoms with E-state index < -0.39 is 79.1 Å². The van der Waals surface area contributed by atoms with Gasteiger partial charge in [-0.3, -0.25) is 33.6 Å². The number of aliphatic hydroxyl groups is 1. The van der Waals surface area contributed by atoms with Gasteiger partial charge in [0.25, 0.3) is 6.92 Å². The highest BCUT2D eigenvalue weighted by Crippen LogP contribution is 2.23. The predicted molar refractivity (Wildman–Crippen MR) is 221 cm³/mol. The van der Waals surface area contributed by atoms with Gasteiger partial charge in [0.05, 0.1) is 18.6 Å². The number of benzene rings is 2. The molecule has 14 heteroatoms. The summed E-state index contributed by atoms with van der Waals surface area (Å²) in [6.45, 7) is 6.04. The number of nitrogens with one attached hydrogen (secondary N) is 2. The topological polar surface area (TPSA) is 236 Å². The van der Waals surface area contributed by atoms with Gasteiger partial charge in [-0.05, 0) is 68.6 Å². The van der Waals surface area contributed by atoms with Gasteiger partial charge in [-0.15, -0.1) is 0 Å². The highest BCUT2D eigenvalue weighted by atomic mass is 16.3. The van der Waals surface area contributed by atoms with Gasteiger partial charge in [0, 0.05) is 49.5 Å². The Labute approximate surface area is 337 Å². The number of carbonyl (C=O) groups is 7. The quantitative estimate of drug-likeness (QED) is 0.0391. The lowest BCUT2D eigenvalue weighted by molar-refractivity contribution is -0.136. The van der Waals surface area contributed by atoms with E-state index >= 15 is 0 Å². The van der Waals surface area contributed by atoms with Crippen LogP contribution in [0.2, 0.25) is 13.1 Å². The maximum Gasteiger partial charge on any atom is 0.286 e. The molecule has 0 bridgehead atoms. The van der Waals surface area contributed by atoms with Crippen molar-refractivity contribution in [2.24, 2.45) is 23.3 Å². The Hall–Kier alpha value is -4.53. The van der Waals surface area contributed by atoms with Crippen LogP contribution in [0.5, 0.6) is 0 Å². The van der Waals surface area contributed by atoms with Crippen LogP contribution in [-0.2, 0) is 35.2 Å². The average Bonchev–Trinajstić information content (AvgIpc) is 3.17. The maximum absolute atomic E-state index is 13.5. The number of hydrogen-bond donors (Lipinski definition) is 6. The van der Waals surface area contributed by atoms with Crippen LogP contribution in [-0.4, -0.2) is 82.6 Å². The summed E-state index contributed by atoms with van der Waals surface area (Å²) in [6.07, 6.45) is 3.04. The van der Waals surface area contributed by atoms with Crippen molar-refractivity contribution in [3.63, 3.8) is 0 Å². The summed E-state index contributed by atoms with van der Waals surface area (Å²) in [4.78, 5) is 90.1. The van der Waals surface area contributed by atoms with Crippen molar-refractivity contribution in [1.82, 2.24) is 10.6 Å². The number of primary amides is 1. The molecular weight excluding hydrogens is 727 g/mol. The molecule has 2 aromatic rings. The predicted octanol–water partition coefficient (Wildman–Crippen LogP) is 4.15. The average molecular weight is 791 g/mol. The Morgan fingerprint density at radius 1 is 0.754 bits per heavy atom. The summed E-state index contributed by atoms with van der Waals surface area (Å²) in [5.41, 5.74) is 14.8. The van der Waals surface area contributed by atoms with Crippen molar-refractivity contribution in [3.05, 3.63) is 59.7 Å². The minimum atomic E-state index is -1.39. The first kappa shape index (κ1) is 48.6. The number of Topliss-reactive ketones (excluding diaryl/α,β-unsaturated/α-hetero) is 4. The van der Waals surface area contributed by atoms with Gasteiger partial charge in [-0.2, -0.15) is 0 Å². The molecule has 0 saturated heterocycles. The number of unbranched alkanes of at least 4 members (excludes halogenated alkanes) is 2. The zero-order valence-electron chi connectivity index (χ0n) is 34.1. The number of amides is 3. The molecule has 0 aliphatic carbocycles. The van der Waals surface area contributed by atoms with Gasteiger partial charge in [0.1, 0.15) is 11.8 Å². The normalized spacial score (nSPS) is 13.7. The van der Waals surface area contributed by atoms with Crippen molar-refractivity contribution < 1.29 is 43.7 Å². The molecule has 13 nitrogen and oxygen atoms in total. The molecule has 0 fully saturated rings. The molecule has 0 spiro atoms. The maximum atomic E-state index is 13.5. The molecule has 2 rings (SSSR count). The van der Waals surface area contributed by atoms with Gasteiger partial charge < -0.3 is 32.2 Å². The Morgan fingerprint density at radius 2 is 1.39 bits per heavy atom. The standard InChI is InChI=1S/C43H63BN4O9/c1-5-6-10-30-14-16-31(17-15-30)32-18-20-33(21-19-32)37(51)13-9-12-35(50)26-34(11-7-8-24-45)43(56)48-41(29(3)49)39(53)25-28(2)42(55)47-36(27-40(46)54)38(52)22-23-44(4)57/h14-21,28-29,34,36,41,49,57H,5-13,22-27,45H2,1-4H3,(H2,46,54)(H,47,55)(H,48,56)/t28-,29?,34-,36+,41+/m1/s1. The first-order chi connectivity index (χ1) is 27.1. The lowest BCUT2D eigenvalue weighted by Gasteiger charge is -2.25. The Balaban J connectivity index is 1.98. The van der Waals surface area contributed by atoms with Crippen molar-refractivity contribution in [2.45, 2.75) is 136 Å². The van der Waals surface area contributed by atoms with E-state index in [1.807, 2.05) is 12.1 Å². The fraction of sp³-hybridized carbons (Fsp3) is 0.558. The molecule has 57 heavy (non-hydrogen) atoms. The van der Waals surface area contributed by atoms with Crippen LogP contribution in [0.1, 0.15) is 114 Å². The molecule has 0 aromatic heterocycles. The van der Waals surface area contributed by atoms with Crippen molar-refractivity contribution >= 4 is 47.8 Å². The molecule has 0 aliphatic rings. The molecule has 0 aliphatic heterocycles. The summed E-state index contributed by atoms with van der Waals surface area (Å²) in [6, 6.07) is 13.2. The second-order valence-corrected chi connectivity index (χ2v) is 15.3. The largest absolute Gasteiger partial charge is 0.451 e. The highest BCUT2D eigenvalue weighted by molar-refractivity contribution is 6.48. The fourth-order valence-electron chi connectivity index (χ4n) is 6.47. The van der Waals surface area contributed by atoms with Gasteiger partial charge in [0.2, 0.25) is 17.7 Å². The molecule has 0 radical (unpaired) electrons. The summed E-state index contributed by atoms with van der Waals surface area (Å²) in [5.74, 6) is -5.40. The third-order valence-corrected chi connectivity index (χ3v) is 10.0. The van der Waals surface area contributed by atoms with Crippen molar-refractivity contribution in [3.8, 4) is 11.1 Å². The smallest absolute Gasteiger partial charge is 0.286 e. The summed E-state index contributed by atoms with van der Waals surface area (Å²) in [5, 5.41) is 25.0. The van der Waals surface area contributed by atoms with Crippen LogP contribution in [0.3, 0.4) is 0 Å². The van der Waals surface area contributed by atoms with E-state index in [0.29, 0.717) is 37.8 Å². The molecule has 0 saturated carbocycles. The van der Waals surface area contributed by atoms with Crippen molar-refractivity contribution in [2.75, 3.05) is 6.54 Å².